The van der Waals surface area contributed by atoms with Gasteiger partial charge in [0.05, 0.1) is 7.11 Å². The van der Waals surface area contributed by atoms with Crippen molar-refractivity contribution in [2.24, 2.45) is 0 Å². The van der Waals surface area contributed by atoms with Crippen molar-refractivity contribution in [2.45, 2.75) is 26.8 Å². The number of nitrogens with zero attached hydrogens (tertiary/aromatic N) is 2. The van der Waals surface area contributed by atoms with Crippen LogP contribution in [0.25, 0.3) is 11.1 Å². The fraction of sp³-hybridized carbons (Fsp3) is 0.333. The first-order chi connectivity index (χ1) is 9.10. The molecule has 0 saturated carbocycles. The largest absolute Gasteiger partial charge is 0.496 e. The summed E-state index contributed by atoms with van der Waals surface area (Å²) in [6.45, 7) is 6.17. The van der Waals surface area contributed by atoms with Crippen LogP contribution in [0.5, 0.6) is 5.75 Å². The second kappa shape index (κ2) is 5.69. The Bertz CT molecular complexity index is 550. The molecule has 1 N–H and O–H groups in total. The zero-order valence-corrected chi connectivity index (χ0v) is 11.8. The zero-order valence-electron chi connectivity index (χ0n) is 11.8. The average Bonchev–Trinajstić information content (AvgIpc) is 2.39. The second-order valence-corrected chi connectivity index (χ2v) is 4.80. The van der Waals surface area contributed by atoms with Gasteiger partial charge in [0.1, 0.15) is 5.75 Å². The molecule has 0 aliphatic carbocycles. The van der Waals surface area contributed by atoms with Gasteiger partial charge in [0.15, 0.2) is 0 Å². The SMILES string of the molecule is COc1ccc(C)cc1-c1cnc(NC(C)C)nc1. The van der Waals surface area contributed by atoms with Crippen molar-refractivity contribution < 1.29 is 4.74 Å². The van der Waals surface area contributed by atoms with Crippen molar-refractivity contribution in [1.29, 1.82) is 0 Å². The number of methoxy groups -OCH3 is 1. The number of ether oxygens (including phenoxy) is 1. The normalized spacial score (nSPS) is 10.6. The van der Waals surface area contributed by atoms with E-state index in [4.69, 9.17) is 4.74 Å². The number of benzene rings is 1. The summed E-state index contributed by atoms with van der Waals surface area (Å²) in [6.07, 6.45) is 3.63. The number of nitrogens with one attached hydrogen (secondary N) is 1. The summed E-state index contributed by atoms with van der Waals surface area (Å²) in [5.74, 6) is 1.48. The van der Waals surface area contributed by atoms with Crippen LogP contribution < -0.4 is 10.1 Å². The minimum absolute atomic E-state index is 0.319. The van der Waals surface area contributed by atoms with E-state index in [1.807, 2.05) is 24.5 Å². The lowest BCUT2D eigenvalue weighted by atomic mass is 10.1. The lowest BCUT2D eigenvalue weighted by molar-refractivity contribution is 0.416. The Balaban J connectivity index is 2.34. The predicted molar refractivity (Wildman–Crippen MR) is 77.5 cm³/mol. The standard InChI is InChI=1S/C15H19N3O/c1-10(2)18-15-16-8-12(9-17-15)13-7-11(3)5-6-14(13)19-4/h5-10H,1-4H3,(H,16,17,18). The molecule has 0 aliphatic heterocycles. The Hall–Kier alpha value is -2.10. The van der Waals surface area contributed by atoms with E-state index < -0.39 is 0 Å². The molecule has 4 nitrogen and oxygen atoms in total. The molecule has 0 spiro atoms. The molecule has 100 valence electrons. The van der Waals surface area contributed by atoms with Crippen molar-refractivity contribution in [2.75, 3.05) is 12.4 Å². The maximum absolute atomic E-state index is 5.38. The quantitative estimate of drug-likeness (QED) is 0.913. The van der Waals surface area contributed by atoms with Crippen LogP contribution in [0, 0.1) is 6.92 Å². The summed E-state index contributed by atoms with van der Waals surface area (Å²) < 4.78 is 5.38. The van der Waals surface area contributed by atoms with Gasteiger partial charge in [-0.25, -0.2) is 9.97 Å². The van der Waals surface area contributed by atoms with Gasteiger partial charge in [0.2, 0.25) is 5.95 Å². The van der Waals surface area contributed by atoms with Gasteiger partial charge in [-0.3, -0.25) is 0 Å². The van der Waals surface area contributed by atoms with Gasteiger partial charge in [0.25, 0.3) is 0 Å². The Morgan fingerprint density at radius 3 is 2.42 bits per heavy atom. The van der Waals surface area contributed by atoms with Crippen molar-refractivity contribution in [3.8, 4) is 16.9 Å². The fourth-order valence-electron chi connectivity index (χ4n) is 1.85. The van der Waals surface area contributed by atoms with E-state index in [0.717, 1.165) is 16.9 Å². The summed E-state index contributed by atoms with van der Waals surface area (Å²) in [6, 6.07) is 6.38. The fourth-order valence-corrected chi connectivity index (χ4v) is 1.85. The van der Waals surface area contributed by atoms with Crippen molar-refractivity contribution >= 4 is 5.95 Å². The molecular formula is C15H19N3O. The highest BCUT2D eigenvalue weighted by molar-refractivity contribution is 5.70. The molecule has 0 radical (unpaired) electrons. The van der Waals surface area contributed by atoms with Gasteiger partial charge < -0.3 is 10.1 Å². The van der Waals surface area contributed by atoms with Crippen LogP contribution in [0.15, 0.2) is 30.6 Å². The van der Waals surface area contributed by atoms with Gasteiger partial charge in [-0.15, -0.1) is 0 Å². The molecule has 0 bridgehead atoms. The van der Waals surface area contributed by atoms with Crippen LogP contribution in [0.3, 0.4) is 0 Å². The summed E-state index contributed by atoms with van der Waals surface area (Å²) in [7, 11) is 1.67. The van der Waals surface area contributed by atoms with Crippen LogP contribution in [0.1, 0.15) is 19.4 Å². The van der Waals surface area contributed by atoms with Gasteiger partial charge in [-0.1, -0.05) is 11.6 Å². The number of aryl methyl sites for hydroxylation is 1. The van der Waals surface area contributed by atoms with Crippen LogP contribution in [-0.4, -0.2) is 23.1 Å². The van der Waals surface area contributed by atoms with E-state index in [0.29, 0.717) is 12.0 Å². The van der Waals surface area contributed by atoms with Crippen molar-refractivity contribution in [3.05, 3.63) is 36.2 Å². The molecule has 19 heavy (non-hydrogen) atoms. The average molecular weight is 257 g/mol. The van der Waals surface area contributed by atoms with Crippen molar-refractivity contribution in [3.63, 3.8) is 0 Å². The molecule has 0 aliphatic rings. The molecule has 2 rings (SSSR count). The Labute approximate surface area is 113 Å². The number of aromatic nitrogens is 2. The minimum Gasteiger partial charge on any atom is -0.496 e. The molecule has 0 saturated heterocycles. The van der Waals surface area contributed by atoms with Crippen LogP contribution in [0.2, 0.25) is 0 Å². The van der Waals surface area contributed by atoms with Gasteiger partial charge >= 0.3 is 0 Å². The third-order valence-electron chi connectivity index (χ3n) is 2.74. The summed E-state index contributed by atoms with van der Waals surface area (Å²) in [4.78, 5) is 8.65. The van der Waals surface area contributed by atoms with E-state index in [9.17, 15) is 0 Å². The monoisotopic (exact) mass is 257 g/mol. The van der Waals surface area contributed by atoms with E-state index >= 15 is 0 Å². The first-order valence-electron chi connectivity index (χ1n) is 6.33. The van der Waals surface area contributed by atoms with Crippen LogP contribution >= 0.6 is 0 Å². The van der Waals surface area contributed by atoms with Crippen molar-refractivity contribution in [1.82, 2.24) is 9.97 Å². The smallest absolute Gasteiger partial charge is 0.222 e. The van der Waals surface area contributed by atoms with Crippen LogP contribution in [0.4, 0.5) is 5.95 Å². The number of rotatable bonds is 4. The Morgan fingerprint density at radius 1 is 1.16 bits per heavy atom. The third kappa shape index (κ3) is 3.22. The third-order valence-corrected chi connectivity index (χ3v) is 2.74. The van der Waals surface area contributed by atoms with Gasteiger partial charge in [0, 0.05) is 29.6 Å². The highest BCUT2D eigenvalue weighted by atomic mass is 16.5. The molecule has 1 aromatic heterocycles. The lowest BCUT2D eigenvalue weighted by Crippen LogP contribution is -2.12. The Kier molecular flexibility index (Phi) is 4.00. The number of hydrogen-bond acceptors (Lipinski definition) is 4. The Morgan fingerprint density at radius 2 is 1.84 bits per heavy atom. The second-order valence-electron chi connectivity index (χ2n) is 4.80. The minimum atomic E-state index is 0.319. The van der Waals surface area contributed by atoms with E-state index in [2.05, 4.69) is 42.1 Å². The molecule has 2 aromatic rings. The first-order valence-corrected chi connectivity index (χ1v) is 6.33. The van der Waals surface area contributed by atoms with E-state index in [1.165, 1.54) is 5.56 Å². The van der Waals surface area contributed by atoms with E-state index in [-0.39, 0.29) is 0 Å². The maximum atomic E-state index is 5.38. The zero-order chi connectivity index (χ0) is 13.8. The van der Waals surface area contributed by atoms with Gasteiger partial charge in [-0.2, -0.15) is 0 Å². The summed E-state index contributed by atoms with van der Waals surface area (Å²) in [5, 5.41) is 3.17. The lowest BCUT2D eigenvalue weighted by Gasteiger charge is -2.11. The van der Waals surface area contributed by atoms with Gasteiger partial charge in [-0.05, 0) is 32.9 Å². The predicted octanol–water partition coefficient (Wildman–Crippen LogP) is 3.28. The molecule has 0 atom stereocenters. The number of hydrogen-bond donors (Lipinski definition) is 1. The molecule has 1 heterocycles. The summed E-state index contributed by atoms with van der Waals surface area (Å²) >= 11 is 0. The molecule has 0 amide bonds. The topological polar surface area (TPSA) is 47.0 Å². The summed E-state index contributed by atoms with van der Waals surface area (Å²) in [5.41, 5.74) is 3.15. The number of anilines is 1. The highest BCUT2D eigenvalue weighted by Crippen LogP contribution is 2.30. The molecule has 4 heteroatoms. The van der Waals surface area contributed by atoms with Crippen LogP contribution in [-0.2, 0) is 0 Å². The first kappa shape index (κ1) is 13.3. The highest BCUT2D eigenvalue weighted by Gasteiger charge is 2.07. The maximum Gasteiger partial charge on any atom is 0.222 e. The van der Waals surface area contributed by atoms with E-state index in [1.54, 1.807) is 7.11 Å². The molecule has 1 aromatic carbocycles. The molecular weight excluding hydrogens is 238 g/mol. The molecule has 0 unspecified atom stereocenters. The molecule has 0 fully saturated rings.